The Morgan fingerprint density at radius 2 is 1.82 bits per heavy atom. The Morgan fingerprint density at radius 1 is 1.24 bits per heavy atom. The first-order valence-corrected chi connectivity index (χ1v) is 7.22. The van der Waals surface area contributed by atoms with E-state index in [0.29, 0.717) is 0 Å². The number of carbonyl (C=O) groups is 2. The van der Waals surface area contributed by atoms with Crippen LogP contribution in [0.2, 0.25) is 0 Å². The number of nitrogens with one attached hydrogen (secondary N) is 1. The second-order valence-electron chi connectivity index (χ2n) is 3.05. The summed E-state index contributed by atoms with van der Waals surface area (Å²) in [6.07, 6.45) is 0. The van der Waals surface area contributed by atoms with Crippen LogP contribution < -0.4 is 11.1 Å². The molecule has 0 spiro atoms. The van der Waals surface area contributed by atoms with E-state index in [1.165, 1.54) is 21.6 Å². The molecule has 0 bridgehead atoms. The molecule has 17 heavy (non-hydrogen) atoms. The smallest absolute Gasteiger partial charge is 0.321 e. The largest absolute Gasteiger partial charge is 0.480 e. The van der Waals surface area contributed by atoms with Crippen LogP contribution in [0.25, 0.3) is 0 Å². The van der Waals surface area contributed by atoms with Crippen molar-refractivity contribution in [3.8, 4) is 0 Å². The lowest BCUT2D eigenvalue weighted by Crippen LogP contribution is -2.39. The van der Waals surface area contributed by atoms with Gasteiger partial charge in [-0.05, 0) is 0 Å². The maximum Gasteiger partial charge on any atom is 0.321 e. The minimum Gasteiger partial charge on any atom is -0.480 e. The van der Waals surface area contributed by atoms with Gasteiger partial charge in [0, 0.05) is 18.1 Å². The van der Waals surface area contributed by atoms with Gasteiger partial charge in [-0.15, -0.1) is 0 Å². The molecule has 100 valence electrons. The predicted molar refractivity (Wildman–Crippen MR) is 65.9 cm³/mol. The molecule has 0 aliphatic heterocycles. The van der Waals surface area contributed by atoms with Crippen molar-refractivity contribution in [1.82, 2.24) is 5.32 Å². The number of carboxylic acids is 2. The molecule has 0 aliphatic rings. The van der Waals surface area contributed by atoms with Crippen molar-refractivity contribution in [3.05, 3.63) is 0 Å². The highest BCUT2D eigenvalue weighted by atomic mass is 33.1. The number of carboxylic acid groups (broad SMARTS) is 2. The van der Waals surface area contributed by atoms with Crippen molar-refractivity contribution in [2.45, 2.75) is 12.1 Å². The van der Waals surface area contributed by atoms with E-state index in [1.54, 1.807) is 0 Å². The van der Waals surface area contributed by atoms with Crippen molar-refractivity contribution in [3.63, 3.8) is 0 Å². The summed E-state index contributed by atoms with van der Waals surface area (Å²) in [7, 11) is 2.38. The second-order valence-corrected chi connectivity index (χ2v) is 5.60. The Morgan fingerprint density at radius 3 is 2.29 bits per heavy atom. The van der Waals surface area contributed by atoms with E-state index in [0.717, 1.165) is 0 Å². The molecule has 0 aromatic carbocycles. The van der Waals surface area contributed by atoms with E-state index in [-0.39, 0.29) is 18.1 Å². The molecule has 0 unspecified atom stereocenters. The van der Waals surface area contributed by atoms with E-state index in [2.05, 4.69) is 5.32 Å². The molecule has 0 saturated carbocycles. The summed E-state index contributed by atoms with van der Waals surface area (Å²) in [4.78, 5) is 21.1. The highest BCUT2D eigenvalue weighted by molar-refractivity contribution is 8.76. The highest BCUT2D eigenvalue weighted by Crippen LogP contribution is 2.22. The van der Waals surface area contributed by atoms with Crippen LogP contribution in [-0.4, -0.2) is 59.0 Å². The SMILES string of the molecule is N[C@H](CSSC[C@@H](NCCF)C(=O)O)C(=O)O. The summed E-state index contributed by atoms with van der Waals surface area (Å²) in [5.74, 6) is -1.75. The fraction of sp³-hybridized carbons (Fsp3) is 0.750. The van der Waals surface area contributed by atoms with Crippen LogP contribution >= 0.6 is 21.6 Å². The Balaban J connectivity index is 3.75. The van der Waals surface area contributed by atoms with Crippen LogP contribution in [0.5, 0.6) is 0 Å². The molecule has 0 heterocycles. The van der Waals surface area contributed by atoms with Gasteiger partial charge in [0.1, 0.15) is 18.8 Å². The zero-order chi connectivity index (χ0) is 13.3. The van der Waals surface area contributed by atoms with Gasteiger partial charge in [-0.3, -0.25) is 9.59 Å². The molecule has 0 aromatic heterocycles. The summed E-state index contributed by atoms with van der Waals surface area (Å²) in [6.45, 7) is -0.650. The first-order valence-electron chi connectivity index (χ1n) is 4.74. The number of alkyl halides is 1. The molecule has 0 fully saturated rings. The maximum absolute atomic E-state index is 11.9. The van der Waals surface area contributed by atoms with Crippen LogP contribution in [-0.2, 0) is 9.59 Å². The average Bonchev–Trinajstić information content (AvgIpc) is 2.27. The van der Waals surface area contributed by atoms with Crippen LogP contribution in [0.15, 0.2) is 0 Å². The number of rotatable bonds is 10. The number of aliphatic carboxylic acids is 2. The standard InChI is InChI=1S/C8H15FN2O4S2/c9-1-2-11-6(8(14)15)4-17-16-3-5(10)7(12)13/h5-6,11H,1-4,10H2,(H,12,13)(H,14,15)/t5-,6-/m1/s1. The molecule has 0 amide bonds. The summed E-state index contributed by atoms with van der Waals surface area (Å²) in [5.41, 5.74) is 5.26. The number of hydrogen-bond acceptors (Lipinski definition) is 6. The molecular formula is C8H15FN2O4S2. The minimum absolute atomic E-state index is 0.0170. The number of hydrogen-bond donors (Lipinski definition) is 4. The van der Waals surface area contributed by atoms with Crippen LogP contribution in [0, 0.1) is 0 Å². The predicted octanol–water partition coefficient (Wildman–Crippen LogP) is -0.208. The molecule has 0 aliphatic carbocycles. The third kappa shape index (κ3) is 8.25. The molecule has 0 rings (SSSR count). The average molecular weight is 286 g/mol. The summed E-state index contributed by atoms with van der Waals surface area (Å²) < 4.78 is 11.9. The summed E-state index contributed by atoms with van der Waals surface area (Å²) in [5, 5.41) is 19.8. The lowest BCUT2D eigenvalue weighted by Gasteiger charge is -2.12. The number of nitrogens with two attached hydrogens (primary N) is 1. The van der Waals surface area contributed by atoms with Gasteiger partial charge in [-0.25, -0.2) is 4.39 Å². The minimum atomic E-state index is -1.09. The normalized spacial score (nSPS) is 14.2. The summed E-state index contributed by atoms with van der Waals surface area (Å²) in [6, 6.07) is -1.81. The molecule has 0 aromatic rings. The monoisotopic (exact) mass is 286 g/mol. The summed E-state index contributed by atoms with van der Waals surface area (Å²) >= 11 is 0. The van der Waals surface area contributed by atoms with Gasteiger partial charge in [0.2, 0.25) is 0 Å². The van der Waals surface area contributed by atoms with E-state index in [1.807, 2.05) is 0 Å². The molecule has 6 nitrogen and oxygen atoms in total. The molecule has 5 N–H and O–H groups in total. The zero-order valence-electron chi connectivity index (χ0n) is 8.97. The van der Waals surface area contributed by atoms with Gasteiger partial charge in [0.05, 0.1) is 0 Å². The van der Waals surface area contributed by atoms with Gasteiger partial charge in [0.25, 0.3) is 0 Å². The van der Waals surface area contributed by atoms with Gasteiger partial charge < -0.3 is 21.3 Å². The zero-order valence-corrected chi connectivity index (χ0v) is 10.6. The van der Waals surface area contributed by atoms with Crippen LogP contribution in [0.1, 0.15) is 0 Å². The Bertz CT molecular complexity index is 258. The first kappa shape index (κ1) is 16.5. The molecule has 2 atom stereocenters. The fourth-order valence-electron chi connectivity index (χ4n) is 0.755. The molecule has 0 radical (unpaired) electrons. The Hall–Kier alpha value is -0.510. The van der Waals surface area contributed by atoms with E-state index >= 15 is 0 Å². The highest BCUT2D eigenvalue weighted by Gasteiger charge is 2.17. The third-order valence-corrected chi connectivity index (χ3v) is 4.11. The molecule has 9 heteroatoms. The van der Waals surface area contributed by atoms with Gasteiger partial charge >= 0.3 is 11.9 Å². The van der Waals surface area contributed by atoms with E-state index in [9.17, 15) is 14.0 Å². The lowest BCUT2D eigenvalue weighted by atomic mass is 10.3. The van der Waals surface area contributed by atoms with E-state index < -0.39 is 30.7 Å². The fourth-order valence-corrected chi connectivity index (χ4v) is 3.06. The van der Waals surface area contributed by atoms with Gasteiger partial charge in [-0.2, -0.15) is 0 Å². The van der Waals surface area contributed by atoms with Crippen LogP contribution in [0.3, 0.4) is 0 Å². The van der Waals surface area contributed by atoms with Crippen molar-refractivity contribution in [2.24, 2.45) is 5.73 Å². The quantitative estimate of drug-likeness (QED) is 0.322. The molecular weight excluding hydrogens is 271 g/mol. The van der Waals surface area contributed by atoms with Crippen molar-refractivity contribution in [2.75, 3.05) is 24.7 Å². The number of halogens is 1. The Kier molecular flexibility index (Phi) is 9.23. The maximum atomic E-state index is 11.9. The second kappa shape index (κ2) is 9.51. The van der Waals surface area contributed by atoms with Crippen molar-refractivity contribution < 1.29 is 24.2 Å². The van der Waals surface area contributed by atoms with Gasteiger partial charge in [0.15, 0.2) is 0 Å². The third-order valence-electron chi connectivity index (χ3n) is 1.67. The first-order chi connectivity index (χ1) is 7.99. The van der Waals surface area contributed by atoms with Crippen LogP contribution in [0.4, 0.5) is 4.39 Å². The van der Waals surface area contributed by atoms with Crippen molar-refractivity contribution in [1.29, 1.82) is 0 Å². The molecule has 0 saturated heterocycles. The lowest BCUT2D eigenvalue weighted by molar-refractivity contribution is -0.139. The Labute approximate surface area is 106 Å². The van der Waals surface area contributed by atoms with E-state index in [4.69, 9.17) is 15.9 Å². The van der Waals surface area contributed by atoms with Gasteiger partial charge in [-0.1, -0.05) is 21.6 Å². The van der Waals surface area contributed by atoms with Crippen molar-refractivity contribution >= 4 is 33.5 Å². The topological polar surface area (TPSA) is 113 Å².